The highest BCUT2D eigenvalue weighted by Gasteiger charge is 2.04. The summed E-state index contributed by atoms with van der Waals surface area (Å²) < 4.78 is 10.1. The molecule has 1 N–H and O–H groups in total. The van der Waals surface area contributed by atoms with E-state index in [4.69, 9.17) is 21.1 Å². The molecule has 1 aromatic rings. The van der Waals surface area contributed by atoms with Gasteiger partial charge in [0.25, 0.3) is 0 Å². The number of halogens is 1. The van der Waals surface area contributed by atoms with Crippen LogP contribution in [0.2, 0.25) is 5.28 Å². The van der Waals surface area contributed by atoms with Gasteiger partial charge >= 0.3 is 6.01 Å². The molecule has 6 nitrogen and oxygen atoms in total. The van der Waals surface area contributed by atoms with Crippen molar-refractivity contribution in [1.29, 1.82) is 0 Å². The first kappa shape index (κ1) is 11.9. The summed E-state index contributed by atoms with van der Waals surface area (Å²) in [6.45, 7) is 1.12. The molecule has 0 saturated carbocycles. The minimum Gasteiger partial charge on any atom is -0.463 e. The Morgan fingerprint density at radius 1 is 1.27 bits per heavy atom. The minimum atomic E-state index is 0.107. The lowest BCUT2D eigenvalue weighted by Crippen LogP contribution is -2.06. The van der Waals surface area contributed by atoms with Crippen LogP contribution in [-0.2, 0) is 4.74 Å². The second kappa shape index (κ2) is 6.36. The van der Waals surface area contributed by atoms with Gasteiger partial charge in [0.1, 0.15) is 0 Å². The average Bonchev–Trinajstić information content (AvgIpc) is 2.23. The predicted octanol–water partition coefficient (Wildman–Crippen LogP) is 0.982. The molecular formula is C8H13ClN4O2. The van der Waals surface area contributed by atoms with E-state index in [0.29, 0.717) is 19.2 Å². The van der Waals surface area contributed by atoms with E-state index in [1.807, 2.05) is 0 Å². The second-order valence-corrected chi connectivity index (χ2v) is 2.99. The topological polar surface area (TPSA) is 69.2 Å². The molecule has 7 heteroatoms. The summed E-state index contributed by atoms with van der Waals surface area (Å²) in [5.41, 5.74) is 0. The lowest BCUT2D eigenvalue weighted by atomic mass is 10.5. The fraction of sp³-hybridized carbons (Fsp3) is 0.625. The average molecular weight is 233 g/mol. The van der Waals surface area contributed by atoms with Crippen molar-refractivity contribution >= 4 is 17.5 Å². The van der Waals surface area contributed by atoms with Gasteiger partial charge < -0.3 is 14.8 Å². The van der Waals surface area contributed by atoms with E-state index >= 15 is 0 Å². The first-order chi connectivity index (χ1) is 7.26. The van der Waals surface area contributed by atoms with E-state index < -0.39 is 0 Å². The van der Waals surface area contributed by atoms with Crippen LogP contribution in [0.4, 0.5) is 5.95 Å². The Kier molecular flexibility index (Phi) is 5.06. The highest BCUT2D eigenvalue weighted by Crippen LogP contribution is 2.10. The van der Waals surface area contributed by atoms with Crippen LogP contribution in [0.5, 0.6) is 6.01 Å². The van der Waals surface area contributed by atoms with Crippen molar-refractivity contribution in [3.8, 4) is 6.01 Å². The third-order valence-electron chi connectivity index (χ3n) is 1.54. The Bertz CT molecular complexity index is 311. The molecule has 0 atom stereocenters. The van der Waals surface area contributed by atoms with Crippen LogP contribution in [0, 0.1) is 0 Å². The molecule has 1 aromatic heterocycles. The summed E-state index contributed by atoms with van der Waals surface area (Å²) >= 11 is 5.66. The van der Waals surface area contributed by atoms with Crippen LogP contribution in [0.1, 0.15) is 6.42 Å². The van der Waals surface area contributed by atoms with E-state index in [2.05, 4.69) is 20.3 Å². The molecule has 0 saturated heterocycles. The monoisotopic (exact) mass is 232 g/mol. The maximum atomic E-state index is 5.66. The van der Waals surface area contributed by atoms with Gasteiger partial charge in [-0.2, -0.15) is 15.0 Å². The molecule has 15 heavy (non-hydrogen) atoms. The van der Waals surface area contributed by atoms with Gasteiger partial charge in [-0.3, -0.25) is 0 Å². The first-order valence-corrected chi connectivity index (χ1v) is 4.85. The first-order valence-electron chi connectivity index (χ1n) is 4.47. The van der Waals surface area contributed by atoms with E-state index in [-0.39, 0.29) is 11.3 Å². The van der Waals surface area contributed by atoms with E-state index in [1.165, 1.54) is 0 Å². The number of nitrogens with zero attached hydrogens (tertiary/aromatic N) is 3. The molecule has 0 aliphatic rings. The van der Waals surface area contributed by atoms with Gasteiger partial charge in [-0.1, -0.05) is 0 Å². The molecule has 0 bridgehead atoms. The number of methoxy groups -OCH3 is 1. The Balaban J connectivity index is 2.49. The minimum absolute atomic E-state index is 0.107. The summed E-state index contributed by atoms with van der Waals surface area (Å²) in [4.78, 5) is 11.6. The Morgan fingerprint density at radius 2 is 2.07 bits per heavy atom. The number of aromatic nitrogens is 3. The molecule has 0 amide bonds. The van der Waals surface area contributed by atoms with E-state index in [9.17, 15) is 0 Å². The maximum absolute atomic E-state index is 5.66. The number of anilines is 1. The fourth-order valence-electron chi connectivity index (χ4n) is 0.875. The van der Waals surface area contributed by atoms with Crippen LogP contribution < -0.4 is 10.1 Å². The van der Waals surface area contributed by atoms with Gasteiger partial charge in [-0.25, -0.2) is 0 Å². The van der Waals surface area contributed by atoms with Crippen LogP contribution >= 0.6 is 11.6 Å². The SMILES string of the molecule is CNc1nc(Cl)nc(OCCCOC)n1. The summed E-state index contributed by atoms with van der Waals surface area (Å²) in [5, 5.41) is 2.87. The van der Waals surface area contributed by atoms with Gasteiger partial charge in [0.15, 0.2) is 0 Å². The van der Waals surface area contributed by atoms with Gasteiger partial charge in [0.2, 0.25) is 11.2 Å². The third kappa shape index (κ3) is 4.26. The number of hydrogen-bond donors (Lipinski definition) is 1. The predicted molar refractivity (Wildman–Crippen MR) is 56.4 cm³/mol. The van der Waals surface area contributed by atoms with Crippen molar-refractivity contribution in [2.45, 2.75) is 6.42 Å². The van der Waals surface area contributed by atoms with Gasteiger partial charge in [0, 0.05) is 27.2 Å². The van der Waals surface area contributed by atoms with Crippen molar-refractivity contribution in [2.75, 3.05) is 32.7 Å². The van der Waals surface area contributed by atoms with Crippen molar-refractivity contribution in [1.82, 2.24) is 15.0 Å². The number of ether oxygens (including phenoxy) is 2. The molecular weight excluding hydrogens is 220 g/mol. The molecule has 84 valence electrons. The van der Waals surface area contributed by atoms with Crippen LogP contribution in [-0.4, -0.2) is 42.3 Å². The molecule has 0 aromatic carbocycles. The molecule has 0 aliphatic heterocycles. The second-order valence-electron chi connectivity index (χ2n) is 2.66. The van der Waals surface area contributed by atoms with E-state index in [0.717, 1.165) is 6.42 Å². The lowest BCUT2D eigenvalue weighted by Gasteiger charge is -2.05. The van der Waals surface area contributed by atoms with Crippen molar-refractivity contribution in [2.24, 2.45) is 0 Å². The highest BCUT2D eigenvalue weighted by atomic mass is 35.5. The largest absolute Gasteiger partial charge is 0.463 e. The Morgan fingerprint density at radius 3 is 2.73 bits per heavy atom. The number of nitrogens with one attached hydrogen (secondary N) is 1. The lowest BCUT2D eigenvalue weighted by molar-refractivity contribution is 0.168. The van der Waals surface area contributed by atoms with E-state index in [1.54, 1.807) is 14.2 Å². The summed E-state index contributed by atoms with van der Waals surface area (Å²) in [7, 11) is 3.33. The molecule has 0 aliphatic carbocycles. The molecule has 0 unspecified atom stereocenters. The zero-order valence-electron chi connectivity index (χ0n) is 8.66. The smallest absolute Gasteiger partial charge is 0.322 e. The quantitative estimate of drug-likeness (QED) is 0.738. The number of hydrogen-bond acceptors (Lipinski definition) is 6. The number of rotatable bonds is 6. The van der Waals surface area contributed by atoms with Crippen LogP contribution in [0.25, 0.3) is 0 Å². The normalized spacial score (nSPS) is 10.1. The molecule has 0 spiro atoms. The zero-order chi connectivity index (χ0) is 11.1. The summed E-state index contributed by atoms with van der Waals surface area (Å²) in [6.07, 6.45) is 0.773. The Labute approximate surface area is 93.0 Å². The van der Waals surface area contributed by atoms with Crippen LogP contribution in [0.3, 0.4) is 0 Å². The van der Waals surface area contributed by atoms with Crippen molar-refractivity contribution < 1.29 is 9.47 Å². The van der Waals surface area contributed by atoms with Crippen molar-refractivity contribution in [3.05, 3.63) is 5.28 Å². The summed E-state index contributed by atoms with van der Waals surface area (Å²) in [6, 6.07) is 0.218. The summed E-state index contributed by atoms with van der Waals surface area (Å²) in [5.74, 6) is 0.386. The van der Waals surface area contributed by atoms with Gasteiger partial charge in [-0.15, -0.1) is 0 Å². The van der Waals surface area contributed by atoms with Crippen molar-refractivity contribution in [3.63, 3.8) is 0 Å². The molecule has 1 heterocycles. The highest BCUT2D eigenvalue weighted by molar-refractivity contribution is 6.28. The standard InChI is InChI=1S/C8H13ClN4O2/c1-10-7-11-6(9)12-8(13-7)15-5-3-4-14-2/h3-5H2,1-2H3,(H,10,11,12,13). The third-order valence-corrected chi connectivity index (χ3v) is 1.70. The molecule has 0 radical (unpaired) electrons. The van der Waals surface area contributed by atoms with Gasteiger partial charge in [-0.05, 0) is 11.6 Å². The maximum Gasteiger partial charge on any atom is 0.322 e. The molecule has 1 rings (SSSR count). The fourth-order valence-corrected chi connectivity index (χ4v) is 1.03. The van der Waals surface area contributed by atoms with Crippen LogP contribution in [0.15, 0.2) is 0 Å². The van der Waals surface area contributed by atoms with Gasteiger partial charge in [0.05, 0.1) is 6.61 Å². The Hall–Kier alpha value is -1.14. The zero-order valence-corrected chi connectivity index (χ0v) is 9.41. The molecule has 0 fully saturated rings.